The lowest BCUT2D eigenvalue weighted by Gasteiger charge is -2.14. The van der Waals surface area contributed by atoms with Gasteiger partial charge in [0.25, 0.3) is 0 Å². The third-order valence-electron chi connectivity index (χ3n) is 4.65. The van der Waals surface area contributed by atoms with Crippen molar-refractivity contribution in [3.8, 4) is 0 Å². The van der Waals surface area contributed by atoms with E-state index < -0.39 is 11.1 Å². The maximum Gasteiger partial charge on any atom is 0.317 e. The predicted octanol–water partition coefficient (Wildman–Crippen LogP) is 2.26. The Kier molecular flexibility index (Phi) is 6.36. The molecule has 0 aliphatic heterocycles. The molecular formula is C21H23N3O3S. The van der Waals surface area contributed by atoms with Gasteiger partial charge in [-0.05, 0) is 49.4 Å². The molecule has 0 aliphatic rings. The van der Waals surface area contributed by atoms with Gasteiger partial charge < -0.3 is 9.88 Å². The van der Waals surface area contributed by atoms with Crippen LogP contribution < -0.4 is 16.4 Å². The van der Waals surface area contributed by atoms with Crippen molar-refractivity contribution in [1.29, 1.82) is 0 Å². The number of thioether (sulfide) groups is 1. The zero-order valence-corrected chi connectivity index (χ0v) is 16.8. The van der Waals surface area contributed by atoms with Gasteiger partial charge in [-0.1, -0.05) is 24.3 Å². The second-order valence-corrected chi connectivity index (χ2v) is 7.26. The molecule has 7 heteroatoms. The first-order valence-electron chi connectivity index (χ1n) is 9.17. The van der Waals surface area contributed by atoms with E-state index in [0.717, 1.165) is 5.56 Å². The van der Waals surface area contributed by atoms with Crippen molar-refractivity contribution >= 4 is 28.7 Å². The highest BCUT2D eigenvalue weighted by atomic mass is 32.2. The first kappa shape index (κ1) is 19.9. The molecule has 0 unspecified atom stereocenters. The van der Waals surface area contributed by atoms with Crippen molar-refractivity contribution in [2.24, 2.45) is 0 Å². The van der Waals surface area contributed by atoms with Gasteiger partial charge in [0.05, 0.1) is 11.0 Å². The number of aryl methyl sites for hydroxylation is 1. The minimum Gasteiger partial charge on any atom is -0.354 e. The van der Waals surface area contributed by atoms with E-state index in [9.17, 15) is 14.4 Å². The molecule has 0 bridgehead atoms. The van der Waals surface area contributed by atoms with Gasteiger partial charge >= 0.3 is 11.1 Å². The summed E-state index contributed by atoms with van der Waals surface area (Å²) >= 11 is 1.68. The second kappa shape index (κ2) is 8.93. The van der Waals surface area contributed by atoms with E-state index in [2.05, 4.69) is 17.4 Å². The summed E-state index contributed by atoms with van der Waals surface area (Å²) in [4.78, 5) is 38.4. The van der Waals surface area contributed by atoms with Crippen molar-refractivity contribution in [3.05, 3.63) is 74.8 Å². The van der Waals surface area contributed by atoms with Crippen molar-refractivity contribution < 1.29 is 4.79 Å². The molecule has 1 N–H and O–H groups in total. The number of benzene rings is 2. The fourth-order valence-corrected chi connectivity index (χ4v) is 3.59. The lowest BCUT2D eigenvalue weighted by Crippen LogP contribution is -2.43. The van der Waals surface area contributed by atoms with Gasteiger partial charge in [-0.25, -0.2) is 0 Å². The molecule has 146 valence electrons. The number of carbonyl (C=O) groups excluding carboxylic acids is 1. The molecule has 3 rings (SSSR count). The molecule has 1 heterocycles. The number of nitrogens with one attached hydrogen (secondary N) is 1. The number of carbonyl (C=O) groups is 1. The monoisotopic (exact) mass is 397 g/mol. The first-order chi connectivity index (χ1) is 13.5. The molecule has 6 nitrogen and oxygen atoms in total. The van der Waals surface area contributed by atoms with Crippen LogP contribution in [0.3, 0.4) is 0 Å². The molecule has 28 heavy (non-hydrogen) atoms. The van der Waals surface area contributed by atoms with Crippen LogP contribution >= 0.6 is 11.8 Å². The van der Waals surface area contributed by atoms with Crippen LogP contribution in [0.25, 0.3) is 11.0 Å². The SMILES string of the molecule is CCn1c(=O)c(=O)n(CC(=O)NCCc2ccc(SC)cc2)c2ccccc21. The van der Waals surface area contributed by atoms with Gasteiger partial charge in [-0.2, -0.15) is 0 Å². The highest BCUT2D eigenvalue weighted by Gasteiger charge is 2.14. The van der Waals surface area contributed by atoms with Crippen LogP contribution in [-0.4, -0.2) is 27.8 Å². The quantitative estimate of drug-likeness (QED) is 0.490. The van der Waals surface area contributed by atoms with Crippen molar-refractivity contribution in [2.45, 2.75) is 31.3 Å². The van der Waals surface area contributed by atoms with Crippen LogP contribution in [0.4, 0.5) is 0 Å². The summed E-state index contributed by atoms with van der Waals surface area (Å²) in [5.41, 5.74) is 1.07. The predicted molar refractivity (Wildman–Crippen MR) is 113 cm³/mol. The number of fused-ring (bicyclic) bond motifs is 1. The Hall–Kier alpha value is -2.80. The van der Waals surface area contributed by atoms with E-state index in [1.165, 1.54) is 14.0 Å². The minimum atomic E-state index is -0.677. The van der Waals surface area contributed by atoms with Gasteiger partial charge in [0.1, 0.15) is 6.54 Å². The highest BCUT2D eigenvalue weighted by Crippen LogP contribution is 2.15. The zero-order chi connectivity index (χ0) is 20.1. The third kappa shape index (κ3) is 4.20. The van der Waals surface area contributed by atoms with Crippen molar-refractivity contribution in [2.75, 3.05) is 12.8 Å². The number of amides is 1. The minimum absolute atomic E-state index is 0.176. The Bertz CT molecular complexity index is 1100. The van der Waals surface area contributed by atoms with Crippen LogP contribution in [0.2, 0.25) is 0 Å². The van der Waals surface area contributed by atoms with Gasteiger partial charge in [0.15, 0.2) is 0 Å². The topological polar surface area (TPSA) is 73.1 Å². The van der Waals surface area contributed by atoms with E-state index in [1.807, 2.05) is 31.4 Å². The van der Waals surface area contributed by atoms with E-state index in [-0.39, 0.29) is 12.5 Å². The fourth-order valence-electron chi connectivity index (χ4n) is 3.18. The summed E-state index contributed by atoms with van der Waals surface area (Å²) in [5.74, 6) is -0.290. The Morgan fingerprint density at radius 3 is 2.18 bits per heavy atom. The lowest BCUT2D eigenvalue weighted by molar-refractivity contribution is -0.121. The smallest absolute Gasteiger partial charge is 0.317 e. The molecule has 3 aromatic rings. The van der Waals surface area contributed by atoms with E-state index in [4.69, 9.17) is 0 Å². The van der Waals surface area contributed by atoms with Crippen LogP contribution in [-0.2, 0) is 24.3 Å². The summed E-state index contributed by atoms with van der Waals surface area (Å²) < 4.78 is 2.69. The Balaban J connectivity index is 1.73. The van der Waals surface area contributed by atoms with Crippen LogP contribution in [0.5, 0.6) is 0 Å². The molecule has 0 fully saturated rings. The molecule has 0 saturated carbocycles. The fraction of sp³-hybridized carbons (Fsp3) is 0.286. The second-order valence-electron chi connectivity index (χ2n) is 6.38. The van der Waals surface area contributed by atoms with Crippen LogP contribution in [0.1, 0.15) is 12.5 Å². The number of hydrogen-bond donors (Lipinski definition) is 1. The summed E-state index contributed by atoms with van der Waals surface area (Å²) in [5, 5.41) is 2.84. The normalized spacial score (nSPS) is 10.9. The molecule has 1 aromatic heterocycles. The Morgan fingerprint density at radius 1 is 0.964 bits per heavy atom. The van der Waals surface area contributed by atoms with E-state index in [0.29, 0.717) is 30.5 Å². The number of rotatable bonds is 7. The third-order valence-corrected chi connectivity index (χ3v) is 5.39. The first-order valence-corrected chi connectivity index (χ1v) is 10.4. The highest BCUT2D eigenvalue weighted by molar-refractivity contribution is 7.98. The zero-order valence-electron chi connectivity index (χ0n) is 16.0. The molecule has 0 spiro atoms. The van der Waals surface area contributed by atoms with Crippen LogP contribution in [0.15, 0.2) is 63.0 Å². The molecule has 1 amide bonds. The Morgan fingerprint density at radius 2 is 1.57 bits per heavy atom. The summed E-state index contributed by atoms with van der Waals surface area (Å²) in [6.07, 6.45) is 2.73. The van der Waals surface area contributed by atoms with E-state index in [1.54, 1.807) is 30.0 Å². The average molecular weight is 398 g/mol. The molecule has 2 aromatic carbocycles. The molecule has 0 aliphatic carbocycles. The number of nitrogens with zero attached hydrogens (tertiary/aromatic N) is 2. The molecule has 0 radical (unpaired) electrons. The molecule has 0 atom stereocenters. The number of para-hydroxylation sites is 2. The van der Waals surface area contributed by atoms with Gasteiger partial charge in [0.2, 0.25) is 5.91 Å². The van der Waals surface area contributed by atoms with Crippen molar-refractivity contribution in [3.63, 3.8) is 0 Å². The van der Waals surface area contributed by atoms with Gasteiger partial charge in [-0.3, -0.25) is 19.0 Å². The Labute approximate surface area is 167 Å². The number of hydrogen-bond acceptors (Lipinski definition) is 4. The standard InChI is InChI=1S/C21H23N3O3S/c1-3-23-17-6-4-5-7-18(17)24(21(27)20(23)26)14-19(25)22-13-12-15-8-10-16(28-2)11-9-15/h4-11H,3,12-14H2,1-2H3,(H,22,25). The van der Waals surface area contributed by atoms with Crippen molar-refractivity contribution in [1.82, 2.24) is 14.5 Å². The molecular weight excluding hydrogens is 374 g/mol. The summed E-state index contributed by atoms with van der Waals surface area (Å²) in [6, 6.07) is 15.3. The number of aromatic nitrogens is 2. The summed E-state index contributed by atoms with van der Waals surface area (Å²) in [7, 11) is 0. The lowest BCUT2D eigenvalue weighted by atomic mass is 10.1. The largest absolute Gasteiger partial charge is 0.354 e. The summed E-state index contributed by atoms with van der Waals surface area (Å²) in [6.45, 7) is 2.51. The average Bonchev–Trinajstić information content (AvgIpc) is 2.72. The maximum absolute atomic E-state index is 12.5. The van der Waals surface area contributed by atoms with Gasteiger partial charge in [-0.15, -0.1) is 11.8 Å². The maximum atomic E-state index is 12.5. The molecule has 0 saturated heterocycles. The van der Waals surface area contributed by atoms with Crippen LogP contribution in [0, 0.1) is 0 Å². The van der Waals surface area contributed by atoms with E-state index >= 15 is 0 Å². The van der Waals surface area contributed by atoms with Gasteiger partial charge in [0, 0.05) is 18.0 Å².